The topological polar surface area (TPSA) is 26.0 Å². The summed E-state index contributed by atoms with van der Waals surface area (Å²) in [4.78, 5) is 0. The van der Waals surface area contributed by atoms with Gasteiger partial charge in [-0.1, -0.05) is 29.8 Å². The fourth-order valence-electron chi connectivity index (χ4n) is 0.780. The second kappa shape index (κ2) is 3.59. The molecule has 0 amide bonds. The van der Waals surface area contributed by atoms with E-state index in [2.05, 4.69) is 0 Å². The number of halogens is 1. The molecule has 1 rings (SSSR count). The number of nitrogens with two attached hydrogens (primary N) is 1. The van der Waals surface area contributed by atoms with Crippen molar-refractivity contribution in [1.82, 2.24) is 0 Å². The largest absolute Gasteiger partial charge is 0.326 e. The molecule has 2 heteroatoms. The van der Waals surface area contributed by atoms with Gasteiger partial charge in [-0.3, -0.25) is 0 Å². The summed E-state index contributed by atoms with van der Waals surface area (Å²) in [6.45, 7) is 0.581. The van der Waals surface area contributed by atoms with E-state index in [9.17, 15) is 0 Å². The predicted molar refractivity (Wildman–Crippen MR) is 44.8 cm³/mol. The van der Waals surface area contributed by atoms with E-state index >= 15 is 0 Å². The molecular weight excluding hydrogens is 146 g/mol. The SMILES string of the molecule is NCC1=CC=C(Cl)CC=C1. The van der Waals surface area contributed by atoms with Gasteiger partial charge in [0, 0.05) is 18.0 Å². The van der Waals surface area contributed by atoms with E-state index in [0.29, 0.717) is 6.54 Å². The highest BCUT2D eigenvalue weighted by molar-refractivity contribution is 6.29. The molecule has 1 nitrogen and oxygen atoms in total. The van der Waals surface area contributed by atoms with Crippen LogP contribution in [0.15, 0.2) is 34.9 Å². The van der Waals surface area contributed by atoms with Gasteiger partial charge in [-0.15, -0.1) is 0 Å². The molecule has 0 bridgehead atoms. The molecular formula is C8H10ClN. The molecule has 0 radical (unpaired) electrons. The van der Waals surface area contributed by atoms with Gasteiger partial charge in [-0.25, -0.2) is 0 Å². The molecule has 0 unspecified atom stereocenters. The summed E-state index contributed by atoms with van der Waals surface area (Å²) in [5, 5.41) is 0.861. The van der Waals surface area contributed by atoms with Crippen molar-refractivity contribution in [1.29, 1.82) is 0 Å². The van der Waals surface area contributed by atoms with E-state index < -0.39 is 0 Å². The highest BCUT2D eigenvalue weighted by Gasteiger charge is 1.93. The Bertz CT molecular complexity index is 201. The summed E-state index contributed by atoms with van der Waals surface area (Å²) in [6.07, 6.45) is 8.69. The van der Waals surface area contributed by atoms with Crippen LogP contribution in [0.2, 0.25) is 0 Å². The Morgan fingerprint density at radius 3 is 3.00 bits per heavy atom. The molecule has 2 N–H and O–H groups in total. The second-order valence-corrected chi connectivity index (χ2v) is 2.65. The lowest BCUT2D eigenvalue weighted by Gasteiger charge is -1.89. The van der Waals surface area contributed by atoms with E-state index in [0.717, 1.165) is 17.0 Å². The molecule has 0 atom stereocenters. The van der Waals surface area contributed by atoms with Crippen LogP contribution in [-0.2, 0) is 0 Å². The Morgan fingerprint density at radius 1 is 1.50 bits per heavy atom. The zero-order valence-corrected chi connectivity index (χ0v) is 6.43. The van der Waals surface area contributed by atoms with Crippen LogP contribution in [0.1, 0.15) is 6.42 Å². The standard InChI is InChI=1S/C8H10ClN/c9-8-3-1-2-7(6-10)4-5-8/h1-2,4-5H,3,6,10H2. The van der Waals surface area contributed by atoms with Crippen LogP contribution >= 0.6 is 11.6 Å². The minimum atomic E-state index is 0.581. The molecule has 0 spiro atoms. The third-order valence-corrected chi connectivity index (χ3v) is 1.64. The second-order valence-electron chi connectivity index (χ2n) is 2.17. The number of hydrogen-bond acceptors (Lipinski definition) is 1. The molecule has 0 aliphatic heterocycles. The van der Waals surface area contributed by atoms with Crippen LogP contribution in [0.4, 0.5) is 0 Å². The highest BCUT2D eigenvalue weighted by atomic mass is 35.5. The Morgan fingerprint density at radius 2 is 2.30 bits per heavy atom. The van der Waals surface area contributed by atoms with E-state index in [1.165, 1.54) is 0 Å². The first-order valence-corrected chi connectivity index (χ1v) is 3.62. The summed E-state index contributed by atoms with van der Waals surface area (Å²) in [6, 6.07) is 0. The molecule has 0 aromatic heterocycles. The monoisotopic (exact) mass is 155 g/mol. The van der Waals surface area contributed by atoms with Gasteiger partial charge >= 0.3 is 0 Å². The summed E-state index contributed by atoms with van der Waals surface area (Å²) < 4.78 is 0. The van der Waals surface area contributed by atoms with E-state index in [4.69, 9.17) is 17.3 Å². The maximum absolute atomic E-state index is 5.77. The third-order valence-electron chi connectivity index (χ3n) is 1.36. The number of rotatable bonds is 1. The smallest absolute Gasteiger partial charge is 0.0218 e. The number of allylic oxidation sites excluding steroid dienone is 4. The summed E-state index contributed by atoms with van der Waals surface area (Å²) in [5.41, 5.74) is 6.55. The van der Waals surface area contributed by atoms with Gasteiger partial charge in [0.2, 0.25) is 0 Å². The molecule has 1 aliphatic rings. The predicted octanol–water partition coefficient (Wildman–Crippen LogP) is 1.95. The maximum Gasteiger partial charge on any atom is 0.0218 e. The fourth-order valence-corrected chi connectivity index (χ4v) is 0.932. The van der Waals surface area contributed by atoms with Crippen LogP contribution in [0.25, 0.3) is 0 Å². The van der Waals surface area contributed by atoms with E-state index in [1.54, 1.807) is 0 Å². The molecule has 0 aromatic rings. The Balaban J connectivity index is 2.75. The van der Waals surface area contributed by atoms with Crippen LogP contribution in [-0.4, -0.2) is 6.54 Å². The summed E-state index contributed by atoms with van der Waals surface area (Å²) in [7, 11) is 0. The minimum absolute atomic E-state index is 0.581. The average Bonchev–Trinajstić information content (AvgIpc) is 2.14. The van der Waals surface area contributed by atoms with Crippen molar-refractivity contribution < 1.29 is 0 Å². The molecule has 10 heavy (non-hydrogen) atoms. The van der Waals surface area contributed by atoms with Crippen LogP contribution in [0.5, 0.6) is 0 Å². The van der Waals surface area contributed by atoms with Crippen molar-refractivity contribution in [3.05, 3.63) is 34.9 Å². The lowest BCUT2D eigenvalue weighted by atomic mass is 10.2. The van der Waals surface area contributed by atoms with Crippen LogP contribution < -0.4 is 5.73 Å². The van der Waals surface area contributed by atoms with Crippen molar-refractivity contribution in [3.63, 3.8) is 0 Å². The summed E-state index contributed by atoms with van der Waals surface area (Å²) >= 11 is 5.77. The van der Waals surface area contributed by atoms with E-state index in [1.807, 2.05) is 24.3 Å². The Labute approximate surface area is 65.9 Å². The zero-order valence-electron chi connectivity index (χ0n) is 5.68. The van der Waals surface area contributed by atoms with Gasteiger partial charge in [0.1, 0.15) is 0 Å². The van der Waals surface area contributed by atoms with Crippen molar-refractivity contribution in [2.24, 2.45) is 5.73 Å². The third kappa shape index (κ3) is 2.01. The van der Waals surface area contributed by atoms with Gasteiger partial charge in [-0.2, -0.15) is 0 Å². The first kappa shape index (κ1) is 7.58. The van der Waals surface area contributed by atoms with Crippen LogP contribution in [0.3, 0.4) is 0 Å². The minimum Gasteiger partial charge on any atom is -0.326 e. The first-order valence-electron chi connectivity index (χ1n) is 3.25. The molecule has 0 fully saturated rings. The van der Waals surface area contributed by atoms with Crippen LogP contribution in [0, 0.1) is 0 Å². The fraction of sp³-hybridized carbons (Fsp3) is 0.250. The van der Waals surface area contributed by atoms with Gasteiger partial charge in [0.15, 0.2) is 0 Å². The highest BCUT2D eigenvalue weighted by Crippen LogP contribution is 2.13. The molecule has 0 saturated heterocycles. The molecule has 1 aliphatic carbocycles. The van der Waals surface area contributed by atoms with Gasteiger partial charge in [0.25, 0.3) is 0 Å². The molecule has 0 aromatic carbocycles. The summed E-state index contributed by atoms with van der Waals surface area (Å²) in [5.74, 6) is 0. The molecule has 54 valence electrons. The quantitative estimate of drug-likeness (QED) is 0.616. The van der Waals surface area contributed by atoms with Gasteiger partial charge in [-0.05, 0) is 11.6 Å². The average molecular weight is 156 g/mol. The van der Waals surface area contributed by atoms with Crippen molar-refractivity contribution in [2.75, 3.05) is 6.54 Å². The Kier molecular flexibility index (Phi) is 2.72. The molecule has 0 heterocycles. The van der Waals surface area contributed by atoms with Gasteiger partial charge < -0.3 is 5.73 Å². The lowest BCUT2D eigenvalue weighted by molar-refractivity contribution is 1.19. The zero-order chi connectivity index (χ0) is 7.40. The first-order chi connectivity index (χ1) is 4.83. The lowest BCUT2D eigenvalue weighted by Crippen LogP contribution is -1.99. The van der Waals surface area contributed by atoms with Crippen molar-refractivity contribution in [3.8, 4) is 0 Å². The normalized spacial score (nSPS) is 17.8. The Hall–Kier alpha value is -0.530. The van der Waals surface area contributed by atoms with Gasteiger partial charge in [0.05, 0.1) is 0 Å². The van der Waals surface area contributed by atoms with Crippen molar-refractivity contribution >= 4 is 11.6 Å². The molecule has 0 saturated carbocycles. The number of hydrogen-bond donors (Lipinski definition) is 1. The van der Waals surface area contributed by atoms with E-state index in [-0.39, 0.29) is 0 Å². The maximum atomic E-state index is 5.77. The van der Waals surface area contributed by atoms with Crippen molar-refractivity contribution in [2.45, 2.75) is 6.42 Å².